The second-order valence-corrected chi connectivity index (χ2v) is 9.12. The quantitative estimate of drug-likeness (QED) is 0.783. The van der Waals surface area contributed by atoms with E-state index in [4.69, 9.17) is 0 Å². The average Bonchev–Trinajstić information content (AvgIpc) is 3.23. The molecule has 0 atom stereocenters. The van der Waals surface area contributed by atoms with Gasteiger partial charge < -0.3 is 15.5 Å². The lowest BCUT2D eigenvalue weighted by Gasteiger charge is -2.16. The van der Waals surface area contributed by atoms with E-state index in [2.05, 4.69) is 10.6 Å². The Labute approximate surface area is 170 Å². The summed E-state index contributed by atoms with van der Waals surface area (Å²) >= 11 is 0. The van der Waals surface area contributed by atoms with Gasteiger partial charge in [-0.05, 0) is 55.3 Å². The number of amides is 3. The predicted molar refractivity (Wildman–Crippen MR) is 112 cm³/mol. The van der Waals surface area contributed by atoms with Gasteiger partial charge in [-0.15, -0.1) is 0 Å². The summed E-state index contributed by atoms with van der Waals surface area (Å²) in [4.78, 5) is 26.6. The van der Waals surface area contributed by atoms with Gasteiger partial charge in [0.25, 0.3) is 5.91 Å². The highest BCUT2D eigenvalue weighted by Crippen LogP contribution is 2.19. The lowest BCUT2D eigenvalue weighted by molar-refractivity contribution is 0.102. The van der Waals surface area contributed by atoms with Crippen LogP contribution in [-0.4, -0.2) is 56.7 Å². The molecule has 1 aliphatic rings. The van der Waals surface area contributed by atoms with Crippen molar-refractivity contribution in [2.45, 2.75) is 17.7 Å². The van der Waals surface area contributed by atoms with Crippen molar-refractivity contribution in [3.63, 3.8) is 0 Å². The fraction of sp³-hybridized carbons (Fsp3) is 0.300. The minimum absolute atomic E-state index is 0.116. The molecule has 29 heavy (non-hydrogen) atoms. The first-order chi connectivity index (χ1) is 13.8. The smallest absolute Gasteiger partial charge is 0.321 e. The second-order valence-electron chi connectivity index (χ2n) is 6.97. The highest BCUT2D eigenvalue weighted by atomic mass is 32.2. The predicted octanol–water partition coefficient (Wildman–Crippen LogP) is 2.82. The molecule has 0 spiro atoms. The van der Waals surface area contributed by atoms with Gasteiger partial charge in [-0.3, -0.25) is 4.79 Å². The molecular weight excluding hydrogens is 392 g/mol. The van der Waals surface area contributed by atoms with E-state index in [0.717, 1.165) is 30.2 Å². The summed E-state index contributed by atoms with van der Waals surface area (Å²) in [6, 6.07) is 12.5. The molecule has 154 valence electrons. The lowest BCUT2D eigenvalue weighted by Crippen LogP contribution is -2.32. The molecule has 8 nitrogen and oxygen atoms in total. The van der Waals surface area contributed by atoms with Crippen LogP contribution in [-0.2, 0) is 10.0 Å². The first-order valence-electron chi connectivity index (χ1n) is 9.27. The van der Waals surface area contributed by atoms with Crippen LogP contribution in [0.3, 0.4) is 0 Å². The highest BCUT2D eigenvalue weighted by Gasteiger charge is 2.19. The first kappa shape index (κ1) is 20.8. The number of benzene rings is 2. The normalized spacial score (nSPS) is 14.1. The largest absolute Gasteiger partial charge is 0.325 e. The number of carbonyl (C=O) groups is 2. The Kier molecular flexibility index (Phi) is 6.19. The molecule has 9 heteroatoms. The monoisotopic (exact) mass is 416 g/mol. The van der Waals surface area contributed by atoms with E-state index >= 15 is 0 Å². The molecule has 0 unspecified atom stereocenters. The zero-order valence-electron chi connectivity index (χ0n) is 16.4. The Morgan fingerprint density at radius 1 is 0.931 bits per heavy atom. The molecule has 0 bridgehead atoms. The van der Waals surface area contributed by atoms with Crippen molar-refractivity contribution in [3.8, 4) is 0 Å². The number of hydrogen-bond donors (Lipinski definition) is 2. The van der Waals surface area contributed by atoms with Gasteiger partial charge in [-0.1, -0.05) is 6.07 Å². The summed E-state index contributed by atoms with van der Waals surface area (Å²) < 4.78 is 25.3. The van der Waals surface area contributed by atoms with E-state index in [0.29, 0.717) is 16.9 Å². The van der Waals surface area contributed by atoms with E-state index in [9.17, 15) is 18.0 Å². The van der Waals surface area contributed by atoms with Gasteiger partial charge >= 0.3 is 6.03 Å². The molecule has 1 aliphatic heterocycles. The first-order valence-corrected chi connectivity index (χ1v) is 10.7. The van der Waals surface area contributed by atoms with Crippen LogP contribution in [0.1, 0.15) is 23.2 Å². The molecule has 2 aromatic rings. The van der Waals surface area contributed by atoms with Gasteiger partial charge in [-0.25, -0.2) is 17.5 Å². The van der Waals surface area contributed by atoms with Crippen molar-refractivity contribution in [3.05, 3.63) is 54.1 Å². The van der Waals surface area contributed by atoms with Crippen molar-refractivity contribution in [2.75, 3.05) is 37.8 Å². The fourth-order valence-corrected chi connectivity index (χ4v) is 3.89. The van der Waals surface area contributed by atoms with Gasteiger partial charge in [-0.2, -0.15) is 0 Å². The Balaban J connectivity index is 1.67. The Bertz CT molecular complexity index is 997. The maximum atomic E-state index is 12.5. The SMILES string of the molecule is CN(C)S(=O)(=O)c1ccc(C(=O)Nc2cccc(NC(=O)N3CCCC3)c2)cc1. The summed E-state index contributed by atoms with van der Waals surface area (Å²) in [5.74, 6) is -0.373. The van der Waals surface area contributed by atoms with Crippen LogP contribution in [0.4, 0.5) is 16.2 Å². The number of sulfonamides is 1. The molecule has 1 fully saturated rings. The fourth-order valence-electron chi connectivity index (χ4n) is 2.99. The molecule has 0 saturated carbocycles. The molecule has 0 aliphatic carbocycles. The molecular formula is C20H24N4O4S. The maximum Gasteiger partial charge on any atom is 0.321 e. The van der Waals surface area contributed by atoms with Crippen LogP contribution >= 0.6 is 0 Å². The van der Waals surface area contributed by atoms with Crippen LogP contribution < -0.4 is 10.6 Å². The van der Waals surface area contributed by atoms with Crippen LogP contribution in [0.15, 0.2) is 53.4 Å². The summed E-state index contributed by atoms with van der Waals surface area (Å²) in [7, 11) is -0.645. The van der Waals surface area contributed by atoms with Crippen LogP contribution in [0.2, 0.25) is 0 Å². The number of anilines is 2. The third-order valence-electron chi connectivity index (χ3n) is 4.66. The average molecular weight is 417 g/mol. The molecule has 3 amide bonds. The second kappa shape index (κ2) is 8.62. The third kappa shape index (κ3) is 4.93. The summed E-state index contributed by atoms with van der Waals surface area (Å²) in [6.07, 6.45) is 2.02. The van der Waals surface area contributed by atoms with Gasteiger partial charge in [0.2, 0.25) is 10.0 Å². The molecule has 1 saturated heterocycles. The molecule has 2 aromatic carbocycles. The summed E-state index contributed by atoms with van der Waals surface area (Å²) in [5.41, 5.74) is 1.44. The van der Waals surface area contributed by atoms with Crippen LogP contribution in [0.25, 0.3) is 0 Å². The maximum absolute atomic E-state index is 12.5. The van der Waals surface area contributed by atoms with Gasteiger partial charge in [0.05, 0.1) is 4.90 Å². The zero-order chi connectivity index (χ0) is 21.0. The van der Waals surface area contributed by atoms with Crippen molar-refractivity contribution in [1.82, 2.24) is 9.21 Å². The van der Waals surface area contributed by atoms with Crippen molar-refractivity contribution < 1.29 is 18.0 Å². The minimum Gasteiger partial charge on any atom is -0.325 e. The summed E-state index contributed by atoms with van der Waals surface area (Å²) in [6.45, 7) is 1.50. The van der Waals surface area contributed by atoms with Crippen LogP contribution in [0, 0.1) is 0 Å². The summed E-state index contributed by atoms with van der Waals surface area (Å²) in [5, 5.41) is 5.59. The zero-order valence-corrected chi connectivity index (χ0v) is 17.2. The molecule has 0 aromatic heterocycles. The standard InChI is InChI=1S/C20H24N4O4S/c1-23(2)29(27,28)18-10-8-15(9-11-18)19(25)21-16-6-5-7-17(14-16)22-20(26)24-12-3-4-13-24/h5-11,14H,3-4,12-13H2,1-2H3,(H,21,25)(H,22,26). The number of nitrogens with one attached hydrogen (secondary N) is 2. The lowest BCUT2D eigenvalue weighted by atomic mass is 10.2. The topological polar surface area (TPSA) is 98.8 Å². The van der Waals surface area contributed by atoms with E-state index in [1.165, 1.54) is 38.4 Å². The number of carbonyl (C=O) groups excluding carboxylic acids is 2. The van der Waals surface area contributed by atoms with Crippen molar-refractivity contribution in [1.29, 1.82) is 0 Å². The molecule has 3 rings (SSSR count). The number of hydrogen-bond acceptors (Lipinski definition) is 4. The molecule has 0 radical (unpaired) electrons. The Hall–Kier alpha value is -2.91. The minimum atomic E-state index is -3.55. The van der Waals surface area contributed by atoms with Gasteiger partial charge in [0.15, 0.2) is 0 Å². The van der Waals surface area contributed by atoms with Gasteiger partial charge in [0, 0.05) is 44.1 Å². The Morgan fingerprint density at radius 3 is 2.10 bits per heavy atom. The van der Waals surface area contributed by atoms with Crippen molar-refractivity contribution >= 4 is 33.3 Å². The Morgan fingerprint density at radius 2 is 1.52 bits per heavy atom. The van der Waals surface area contributed by atoms with Crippen molar-refractivity contribution in [2.24, 2.45) is 0 Å². The molecule has 1 heterocycles. The number of rotatable bonds is 5. The van der Waals surface area contributed by atoms with E-state index in [1.807, 2.05) is 0 Å². The molecule has 2 N–H and O–H groups in total. The van der Waals surface area contributed by atoms with E-state index < -0.39 is 10.0 Å². The number of nitrogens with zero attached hydrogens (tertiary/aromatic N) is 2. The van der Waals surface area contributed by atoms with Gasteiger partial charge in [0.1, 0.15) is 0 Å². The third-order valence-corrected chi connectivity index (χ3v) is 6.49. The van der Waals surface area contributed by atoms with E-state index in [1.54, 1.807) is 29.2 Å². The number of likely N-dealkylation sites (tertiary alicyclic amines) is 1. The van der Waals surface area contributed by atoms with Crippen LogP contribution in [0.5, 0.6) is 0 Å². The number of urea groups is 1. The highest BCUT2D eigenvalue weighted by molar-refractivity contribution is 7.89. The van der Waals surface area contributed by atoms with E-state index in [-0.39, 0.29) is 16.8 Å².